The molecule has 0 radical (unpaired) electrons. The smallest absolute Gasteiger partial charge is 0.419 e. The van der Waals surface area contributed by atoms with Crippen molar-refractivity contribution in [2.24, 2.45) is 0 Å². The van der Waals surface area contributed by atoms with E-state index in [4.69, 9.17) is 25.4 Å². The average Bonchev–Trinajstić information content (AvgIpc) is 3.44. The molecule has 2 atom stereocenters. The number of aliphatic hydroxyl groups is 2. The molecule has 31 heavy (non-hydrogen) atoms. The number of carbonyl (C=O) groups is 1. The van der Waals surface area contributed by atoms with Crippen molar-refractivity contribution in [1.29, 1.82) is 5.26 Å². The Bertz CT molecular complexity index is 1080. The predicted octanol–water partition coefficient (Wildman–Crippen LogP) is 1.01. The van der Waals surface area contributed by atoms with Crippen molar-refractivity contribution in [3.8, 4) is 6.07 Å². The van der Waals surface area contributed by atoms with Crippen molar-refractivity contribution >= 4 is 17.4 Å². The Hall–Kier alpha value is -3.53. The first-order valence-electron chi connectivity index (χ1n) is 9.39. The molecular formula is C19H23N7O5. The number of nitrogens with zero attached hydrogens (tertiary/aromatic N) is 6. The monoisotopic (exact) mass is 429 g/mol. The summed E-state index contributed by atoms with van der Waals surface area (Å²) in [5.41, 5.74) is 6.08. The lowest BCUT2D eigenvalue weighted by Gasteiger charge is -2.21. The summed E-state index contributed by atoms with van der Waals surface area (Å²) in [4.78, 5) is 19.7. The van der Waals surface area contributed by atoms with Crippen LogP contribution in [0.15, 0.2) is 37.2 Å². The van der Waals surface area contributed by atoms with Crippen molar-refractivity contribution in [3.05, 3.63) is 42.9 Å². The van der Waals surface area contributed by atoms with E-state index in [-0.39, 0.29) is 12.7 Å². The third kappa shape index (κ3) is 5.34. The van der Waals surface area contributed by atoms with E-state index in [0.29, 0.717) is 24.2 Å². The van der Waals surface area contributed by atoms with Crippen molar-refractivity contribution in [3.63, 3.8) is 0 Å². The van der Waals surface area contributed by atoms with Gasteiger partial charge in [-0.05, 0) is 38.8 Å². The van der Waals surface area contributed by atoms with E-state index < -0.39 is 17.5 Å². The maximum Gasteiger partial charge on any atom is 0.419 e. The minimum atomic E-state index is -1.50. The standard InChI is InChI=1S/C16H15N7O3.C3H8O2/c17-7-16(8-25-15(24)22-6-5-19-10-22)4-3-13(26-16)11-1-2-12-14(18)20-9-21-23(11)12;1-3(2,4)5/h1-2,5-6,9-10,13H,3-4,8H2,(H2,18,20,21);4-5H,1-2H3. The van der Waals surface area contributed by atoms with E-state index in [9.17, 15) is 10.1 Å². The number of anilines is 1. The third-order valence-corrected chi connectivity index (χ3v) is 4.37. The van der Waals surface area contributed by atoms with Crippen molar-refractivity contribution in [2.75, 3.05) is 12.3 Å². The number of nitrogens with two attached hydrogens (primary N) is 1. The van der Waals surface area contributed by atoms with Gasteiger partial charge in [-0.1, -0.05) is 0 Å². The molecule has 2 unspecified atom stereocenters. The van der Waals surface area contributed by atoms with Gasteiger partial charge in [-0.25, -0.2) is 23.8 Å². The van der Waals surface area contributed by atoms with E-state index in [1.165, 1.54) is 43.5 Å². The second-order valence-electron chi connectivity index (χ2n) is 7.47. The summed E-state index contributed by atoms with van der Waals surface area (Å²) in [6, 6.07) is 5.79. The van der Waals surface area contributed by atoms with Crippen LogP contribution in [-0.4, -0.2) is 58.5 Å². The van der Waals surface area contributed by atoms with Crippen LogP contribution in [0.3, 0.4) is 0 Å². The van der Waals surface area contributed by atoms with Gasteiger partial charge in [0, 0.05) is 12.4 Å². The molecule has 3 aromatic heterocycles. The largest absolute Gasteiger partial charge is 0.445 e. The second kappa shape index (κ2) is 8.68. The van der Waals surface area contributed by atoms with Gasteiger partial charge in [0.2, 0.25) is 0 Å². The van der Waals surface area contributed by atoms with Gasteiger partial charge < -0.3 is 25.4 Å². The molecule has 3 aromatic rings. The third-order valence-electron chi connectivity index (χ3n) is 4.37. The molecule has 0 bridgehead atoms. The average molecular weight is 429 g/mol. The van der Waals surface area contributed by atoms with Crippen LogP contribution < -0.4 is 5.73 Å². The quantitative estimate of drug-likeness (QED) is 0.510. The zero-order valence-electron chi connectivity index (χ0n) is 17.0. The van der Waals surface area contributed by atoms with E-state index in [2.05, 4.69) is 21.1 Å². The number of rotatable bonds is 3. The number of nitriles is 1. The maximum absolute atomic E-state index is 11.9. The van der Waals surface area contributed by atoms with E-state index in [0.717, 1.165) is 5.69 Å². The van der Waals surface area contributed by atoms with Crippen LogP contribution in [0.1, 0.15) is 38.5 Å². The van der Waals surface area contributed by atoms with Crippen LogP contribution in [0.2, 0.25) is 0 Å². The molecule has 0 saturated carbocycles. The summed E-state index contributed by atoms with van der Waals surface area (Å²) < 4.78 is 14.0. The molecule has 12 heteroatoms. The van der Waals surface area contributed by atoms with Crippen LogP contribution in [0.4, 0.5) is 10.6 Å². The number of hydrogen-bond acceptors (Lipinski definition) is 10. The molecular weight excluding hydrogens is 406 g/mol. The number of imidazole rings is 1. The van der Waals surface area contributed by atoms with Gasteiger partial charge in [-0.2, -0.15) is 10.4 Å². The van der Waals surface area contributed by atoms with Gasteiger partial charge in [0.25, 0.3) is 0 Å². The van der Waals surface area contributed by atoms with Crippen LogP contribution in [-0.2, 0) is 9.47 Å². The number of carbonyl (C=O) groups excluding carboxylic acids is 1. The van der Waals surface area contributed by atoms with Gasteiger partial charge in [0.1, 0.15) is 37.0 Å². The molecule has 1 aliphatic rings. The summed E-state index contributed by atoms with van der Waals surface area (Å²) in [5.74, 6) is -1.13. The first-order chi connectivity index (χ1) is 14.6. The molecule has 12 nitrogen and oxygen atoms in total. The van der Waals surface area contributed by atoms with E-state index in [1.807, 2.05) is 6.07 Å². The molecule has 1 fully saturated rings. The number of fused-ring (bicyclic) bond motifs is 1. The minimum absolute atomic E-state index is 0.169. The van der Waals surface area contributed by atoms with Crippen LogP contribution >= 0.6 is 0 Å². The zero-order chi connectivity index (χ0) is 22.6. The summed E-state index contributed by atoms with van der Waals surface area (Å²) in [7, 11) is 0. The van der Waals surface area contributed by atoms with E-state index >= 15 is 0 Å². The van der Waals surface area contributed by atoms with E-state index in [1.54, 1.807) is 10.6 Å². The SMILES string of the molecule is CC(C)(O)O.N#CC1(COC(=O)n2ccnc2)CCC(c2ccc3c(N)ncnn23)O1. The molecule has 4 N–H and O–H groups in total. The molecule has 0 aromatic carbocycles. The van der Waals surface area contributed by atoms with Crippen LogP contribution in [0, 0.1) is 11.3 Å². The molecule has 0 amide bonds. The number of ether oxygens (including phenoxy) is 2. The summed E-state index contributed by atoms with van der Waals surface area (Å²) in [5, 5.41) is 29.9. The van der Waals surface area contributed by atoms with Crippen molar-refractivity contribution in [1.82, 2.24) is 24.1 Å². The topological polar surface area (TPSA) is 174 Å². The number of nitrogen functional groups attached to an aromatic ring is 1. The lowest BCUT2D eigenvalue weighted by molar-refractivity contribution is -0.127. The summed E-state index contributed by atoms with van der Waals surface area (Å²) in [6.45, 7) is 2.43. The molecule has 1 aliphatic heterocycles. The molecule has 4 heterocycles. The zero-order valence-corrected chi connectivity index (χ0v) is 17.0. The first kappa shape index (κ1) is 22.2. The van der Waals surface area contributed by atoms with Crippen molar-refractivity contribution in [2.45, 2.75) is 44.2 Å². The summed E-state index contributed by atoms with van der Waals surface area (Å²) in [6.07, 6.45) is 5.68. The Morgan fingerprint density at radius 1 is 1.48 bits per heavy atom. The van der Waals surface area contributed by atoms with Crippen LogP contribution in [0.25, 0.3) is 5.52 Å². The highest BCUT2D eigenvalue weighted by atomic mass is 16.6. The van der Waals surface area contributed by atoms with Gasteiger partial charge >= 0.3 is 6.09 Å². The molecule has 1 saturated heterocycles. The number of hydrogen-bond donors (Lipinski definition) is 3. The maximum atomic E-state index is 11.9. The highest BCUT2D eigenvalue weighted by Crippen LogP contribution is 2.40. The highest BCUT2D eigenvalue weighted by Gasteiger charge is 2.43. The van der Waals surface area contributed by atoms with Gasteiger partial charge in [-0.15, -0.1) is 0 Å². The Morgan fingerprint density at radius 2 is 2.23 bits per heavy atom. The lowest BCUT2D eigenvalue weighted by atomic mass is 10.0. The fourth-order valence-electron chi connectivity index (χ4n) is 3.02. The Kier molecular flexibility index (Phi) is 6.21. The Labute approximate surface area is 177 Å². The van der Waals surface area contributed by atoms with Crippen LogP contribution in [0.5, 0.6) is 0 Å². The highest BCUT2D eigenvalue weighted by molar-refractivity contribution is 5.70. The van der Waals surface area contributed by atoms with Gasteiger partial charge in [0.05, 0.1) is 5.69 Å². The lowest BCUT2D eigenvalue weighted by Crippen LogP contribution is -2.34. The minimum Gasteiger partial charge on any atom is -0.445 e. The first-order valence-corrected chi connectivity index (χ1v) is 9.39. The molecule has 0 spiro atoms. The number of aromatic nitrogens is 5. The van der Waals surface area contributed by atoms with Gasteiger partial charge in [-0.3, -0.25) is 0 Å². The molecule has 164 valence electrons. The Balaban J connectivity index is 0.000000491. The fourth-order valence-corrected chi connectivity index (χ4v) is 3.02. The predicted molar refractivity (Wildman–Crippen MR) is 106 cm³/mol. The normalized spacial score (nSPS) is 20.7. The second-order valence-corrected chi connectivity index (χ2v) is 7.47. The summed E-state index contributed by atoms with van der Waals surface area (Å²) >= 11 is 0. The molecule has 4 rings (SSSR count). The molecule has 0 aliphatic carbocycles. The van der Waals surface area contributed by atoms with Gasteiger partial charge in [0.15, 0.2) is 17.2 Å². The fraction of sp³-hybridized carbons (Fsp3) is 0.421. The van der Waals surface area contributed by atoms with Crippen molar-refractivity contribution < 1.29 is 24.5 Å². The Morgan fingerprint density at radius 3 is 2.87 bits per heavy atom.